The van der Waals surface area contributed by atoms with Crippen molar-refractivity contribution in [2.45, 2.75) is 19.3 Å². The summed E-state index contributed by atoms with van der Waals surface area (Å²) in [6.07, 6.45) is 1.97. The van der Waals surface area contributed by atoms with Gasteiger partial charge in [-0.25, -0.2) is 0 Å². The van der Waals surface area contributed by atoms with Gasteiger partial charge in [0.15, 0.2) is 0 Å². The fourth-order valence-electron chi connectivity index (χ4n) is 2.83. The third kappa shape index (κ3) is 7.19. The summed E-state index contributed by atoms with van der Waals surface area (Å²) >= 11 is 6.61. The molecular weight excluding hydrogens is 516 g/mol. The Labute approximate surface area is 185 Å². The van der Waals surface area contributed by atoms with Crippen LogP contribution in [0.4, 0.5) is 17.1 Å². The average molecular weight is 540 g/mol. The molecule has 0 aromatic heterocycles. The number of nitro groups is 2. The molecule has 0 atom stereocenters. The van der Waals surface area contributed by atoms with Gasteiger partial charge in [0.05, 0.1) is 21.5 Å². The highest BCUT2D eigenvalue weighted by molar-refractivity contribution is 9.09. The number of aliphatic hydroxyl groups is 1. The molecule has 10 nitrogen and oxygen atoms in total. The molecule has 12 heteroatoms. The Hall–Kier alpha value is -1.79. The van der Waals surface area contributed by atoms with Gasteiger partial charge in [0, 0.05) is 50.0 Å². The van der Waals surface area contributed by atoms with E-state index in [2.05, 4.69) is 31.9 Å². The minimum absolute atomic E-state index is 0.0624. The van der Waals surface area contributed by atoms with Gasteiger partial charge in [0.2, 0.25) is 0 Å². The van der Waals surface area contributed by atoms with Crippen LogP contribution in [-0.2, 0) is 0 Å². The molecule has 0 bridgehead atoms. The summed E-state index contributed by atoms with van der Waals surface area (Å²) in [5.41, 5.74) is -0.975. The second-order valence-electron chi connectivity index (χ2n) is 6.25. The van der Waals surface area contributed by atoms with E-state index in [1.54, 1.807) is 11.9 Å². The van der Waals surface area contributed by atoms with Gasteiger partial charge in [0.1, 0.15) is 5.69 Å². The molecule has 1 aromatic rings. The molecule has 162 valence electrons. The predicted molar refractivity (Wildman–Crippen MR) is 117 cm³/mol. The summed E-state index contributed by atoms with van der Waals surface area (Å²) in [4.78, 5) is 37.7. The summed E-state index contributed by atoms with van der Waals surface area (Å²) < 4.78 is 0. The van der Waals surface area contributed by atoms with Crippen LogP contribution in [0.2, 0.25) is 0 Å². The van der Waals surface area contributed by atoms with E-state index < -0.39 is 27.1 Å². The molecule has 0 heterocycles. The molecule has 1 amide bonds. The van der Waals surface area contributed by atoms with Gasteiger partial charge in [-0.3, -0.25) is 25.0 Å². The predicted octanol–water partition coefficient (Wildman–Crippen LogP) is 3.33. The zero-order valence-electron chi connectivity index (χ0n) is 16.1. The number of anilines is 1. The lowest BCUT2D eigenvalue weighted by molar-refractivity contribution is -0.393. The van der Waals surface area contributed by atoms with Gasteiger partial charge in [-0.15, -0.1) is 0 Å². The van der Waals surface area contributed by atoms with Crippen LogP contribution in [0, 0.1) is 20.2 Å². The number of hydrogen-bond acceptors (Lipinski definition) is 7. The SMILES string of the molecule is CN(CCCCCO)C(=O)c1cc([N+](=O)[O-])cc([N+](=O)[O-])c1N(CCBr)CCBr. The van der Waals surface area contributed by atoms with Crippen LogP contribution in [0.1, 0.15) is 29.6 Å². The Morgan fingerprint density at radius 2 is 1.66 bits per heavy atom. The van der Waals surface area contributed by atoms with Crippen LogP contribution in [0.25, 0.3) is 0 Å². The number of carbonyl (C=O) groups is 1. The lowest BCUT2D eigenvalue weighted by atomic mass is 10.1. The molecule has 1 aromatic carbocycles. The number of non-ortho nitro benzene ring substituents is 1. The van der Waals surface area contributed by atoms with Crippen LogP contribution in [-0.4, -0.2) is 69.7 Å². The largest absolute Gasteiger partial charge is 0.396 e. The van der Waals surface area contributed by atoms with Crippen LogP contribution >= 0.6 is 31.9 Å². The minimum Gasteiger partial charge on any atom is -0.396 e. The zero-order valence-corrected chi connectivity index (χ0v) is 19.2. The molecule has 29 heavy (non-hydrogen) atoms. The number of carbonyl (C=O) groups excluding carboxylic acids is 1. The second-order valence-corrected chi connectivity index (χ2v) is 7.84. The number of alkyl halides is 2. The van der Waals surface area contributed by atoms with Crippen molar-refractivity contribution in [3.05, 3.63) is 37.9 Å². The van der Waals surface area contributed by atoms with Crippen LogP contribution in [0.15, 0.2) is 12.1 Å². The lowest BCUT2D eigenvalue weighted by Gasteiger charge is -2.26. The van der Waals surface area contributed by atoms with Gasteiger partial charge in [-0.05, 0) is 19.3 Å². The van der Waals surface area contributed by atoms with E-state index in [9.17, 15) is 25.0 Å². The maximum Gasteiger partial charge on any atom is 0.300 e. The van der Waals surface area contributed by atoms with Crippen molar-refractivity contribution in [2.75, 3.05) is 48.8 Å². The van der Waals surface area contributed by atoms with E-state index in [0.717, 1.165) is 18.6 Å². The van der Waals surface area contributed by atoms with Crippen molar-refractivity contribution in [3.8, 4) is 0 Å². The van der Waals surface area contributed by atoms with E-state index in [0.29, 0.717) is 43.1 Å². The number of nitrogens with zero attached hydrogens (tertiary/aromatic N) is 4. The molecule has 0 aliphatic heterocycles. The Morgan fingerprint density at radius 3 is 2.14 bits per heavy atom. The zero-order chi connectivity index (χ0) is 22.0. The highest BCUT2D eigenvalue weighted by Gasteiger charge is 2.31. The van der Waals surface area contributed by atoms with Crippen LogP contribution in [0.3, 0.4) is 0 Å². The first kappa shape index (κ1) is 25.2. The summed E-state index contributed by atoms with van der Waals surface area (Å²) in [6, 6.07) is 1.99. The first-order valence-electron chi connectivity index (χ1n) is 8.98. The number of unbranched alkanes of at least 4 members (excludes halogenated alkanes) is 2. The third-order valence-corrected chi connectivity index (χ3v) is 4.95. The van der Waals surface area contributed by atoms with E-state index in [4.69, 9.17) is 5.11 Å². The second kappa shape index (κ2) is 12.7. The minimum atomic E-state index is -0.742. The number of nitro benzene ring substituents is 2. The van der Waals surface area contributed by atoms with E-state index in [1.807, 2.05) is 0 Å². The quantitative estimate of drug-likeness (QED) is 0.176. The Kier molecular flexibility index (Phi) is 11.1. The monoisotopic (exact) mass is 538 g/mol. The van der Waals surface area contributed by atoms with Gasteiger partial charge in [-0.1, -0.05) is 31.9 Å². The first-order chi connectivity index (χ1) is 13.8. The molecule has 0 spiro atoms. The van der Waals surface area contributed by atoms with Crippen LogP contribution < -0.4 is 4.90 Å². The molecule has 0 saturated carbocycles. The molecule has 0 aliphatic carbocycles. The van der Waals surface area contributed by atoms with Crippen molar-refractivity contribution in [1.82, 2.24) is 4.90 Å². The molecule has 1 rings (SSSR count). The number of benzene rings is 1. The fourth-order valence-corrected chi connectivity index (χ4v) is 3.68. The standard InChI is InChI=1S/C17H24Br2N4O6/c1-20(7-3-2-4-10-24)17(25)14-11-13(22(26)27)12-15(23(28)29)16(14)21(8-5-18)9-6-19/h11-12,24H,2-10H2,1H3. The topological polar surface area (TPSA) is 130 Å². The number of hydrogen-bond donors (Lipinski definition) is 1. The molecule has 0 unspecified atom stereocenters. The normalized spacial score (nSPS) is 10.6. The molecule has 0 radical (unpaired) electrons. The molecule has 0 fully saturated rings. The highest BCUT2D eigenvalue weighted by Crippen LogP contribution is 2.37. The Balaban J connectivity index is 3.48. The van der Waals surface area contributed by atoms with Gasteiger partial charge < -0.3 is 14.9 Å². The van der Waals surface area contributed by atoms with Crippen molar-refractivity contribution >= 4 is 54.8 Å². The average Bonchev–Trinajstić information content (AvgIpc) is 2.69. The highest BCUT2D eigenvalue weighted by atomic mass is 79.9. The Morgan fingerprint density at radius 1 is 1.03 bits per heavy atom. The Bertz CT molecular complexity index is 728. The maximum absolute atomic E-state index is 13.1. The smallest absolute Gasteiger partial charge is 0.300 e. The number of amides is 1. The molecule has 0 aliphatic rings. The van der Waals surface area contributed by atoms with E-state index in [-0.39, 0.29) is 17.9 Å². The van der Waals surface area contributed by atoms with Crippen molar-refractivity contribution < 1.29 is 19.7 Å². The number of halogens is 2. The van der Waals surface area contributed by atoms with Crippen molar-refractivity contribution in [2.24, 2.45) is 0 Å². The van der Waals surface area contributed by atoms with Gasteiger partial charge in [0.25, 0.3) is 17.3 Å². The number of rotatable bonds is 13. The van der Waals surface area contributed by atoms with E-state index in [1.165, 1.54) is 4.90 Å². The molecule has 0 saturated heterocycles. The fraction of sp³-hybridized carbons (Fsp3) is 0.588. The summed E-state index contributed by atoms with van der Waals surface area (Å²) in [5.74, 6) is -0.523. The first-order valence-corrected chi connectivity index (χ1v) is 11.2. The summed E-state index contributed by atoms with van der Waals surface area (Å²) in [7, 11) is 1.55. The third-order valence-electron chi connectivity index (χ3n) is 4.24. The van der Waals surface area contributed by atoms with E-state index >= 15 is 0 Å². The van der Waals surface area contributed by atoms with Gasteiger partial charge >= 0.3 is 0 Å². The van der Waals surface area contributed by atoms with Gasteiger partial charge in [-0.2, -0.15) is 0 Å². The maximum atomic E-state index is 13.1. The summed E-state index contributed by atoms with van der Waals surface area (Å²) in [5, 5.41) is 32.8. The molecule has 1 N–H and O–H groups in total. The lowest BCUT2D eigenvalue weighted by Crippen LogP contribution is -2.33. The van der Waals surface area contributed by atoms with Crippen molar-refractivity contribution in [3.63, 3.8) is 0 Å². The summed E-state index contributed by atoms with van der Waals surface area (Å²) in [6.45, 7) is 1.19. The number of aliphatic hydroxyl groups excluding tert-OH is 1. The molecular formula is C17H24Br2N4O6. The van der Waals surface area contributed by atoms with Crippen LogP contribution in [0.5, 0.6) is 0 Å². The van der Waals surface area contributed by atoms with Crippen molar-refractivity contribution in [1.29, 1.82) is 0 Å².